The van der Waals surface area contributed by atoms with Gasteiger partial charge in [0.05, 0.1) is 26.4 Å². The fourth-order valence-electron chi connectivity index (χ4n) is 9.99. The van der Waals surface area contributed by atoms with E-state index >= 15 is 0 Å². The molecule has 19 heteroatoms. The zero-order valence-corrected chi connectivity index (χ0v) is 56.4. The fourth-order valence-corrected chi connectivity index (χ4v) is 11.6. The number of unbranched alkanes of at least 4 members (excludes halogenated alkanes) is 41. The summed E-state index contributed by atoms with van der Waals surface area (Å²) in [5.41, 5.74) is 0. The molecule has 0 aromatic rings. The van der Waals surface area contributed by atoms with Gasteiger partial charge in [-0.1, -0.05) is 291 Å². The average molecular weight is 1260 g/mol. The Labute approximate surface area is 517 Å². The van der Waals surface area contributed by atoms with Crippen LogP contribution in [0.3, 0.4) is 0 Å². The lowest BCUT2D eigenvalue weighted by Gasteiger charge is -2.21. The van der Waals surface area contributed by atoms with Gasteiger partial charge in [0.1, 0.15) is 19.3 Å². The van der Waals surface area contributed by atoms with E-state index in [1.807, 2.05) is 0 Å². The van der Waals surface area contributed by atoms with Crippen molar-refractivity contribution in [2.24, 2.45) is 0 Å². The van der Waals surface area contributed by atoms with Crippen LogP contribution in [0.5, 0.6) is 0 Å². The van der Waals surface area contributed by atoms with E-state index in [0.29, 0.717) is 25.7 Å². The van der Waals surface area contributed by atoms with Crippen LogP contribution in [-0.2, 0) is 65.4 Å². The molecule has 0 saturated carbocycles. The largest absolute Gasteiger partial charge is 0.472 e. The first kappa shape index (κ1) is 83.1. The first-order valence-corrected chi connectivity index (χ1v) is 37.8. The van der Waals surface area contributed by atoms with Crippen molar-refractivity contribution in [3.63, 3.8) is 0 Å². The Kier molecular flexibility index (Phi) is 59.6. The zero-order chi connectivity index (χ0) is 62.6. The van der Waals surface area contributed by atoms with Gasteiger partial charge in [-0.25, -0.2) is 9.13 Å². The maximum absolute atomic E-state index is 13.0. The molecular formula is C66H128O17P2. The molecule has 0 saturated heterocycles. The van der Waals surface area contributed by atoms with Crippen LogP contribution < -0.4 is 0 Å². The summed E-state index contributed by atoms with van der Waals surface area (Å²) in [4.78, 5) is 72.0. The van der Waals surface area contributed by atoms with E-state index in [9.17, 15) is 43.2 Å². The molecule has 504 valence electrons. The molecule has 0 aliphatic heterocycles. The van der Waals surface area contributed by atoms with Gasteiger partial charge < -0.3 is 33.8 Å². The predicted octanol–water partition coefficient (Wildman–Crippen LogP) is 18.7. The maximum Gasteiger partial charge on any atom is 0.472 e. The first-order valence-electron chi connectivity index (χ1n) is 34.8. The minimum atomic E-state index is -4.94. The first-order chi connectivity index (χ1) is 41.2. The Hall–Kier alpha value is -1.94. The molecule has 0 spiro atoms. The van der Waals surface area contributed by atoms with Crippen molar-refractivity contribution < 1.29 is 80.2 Å². The third-order valence-electron chi connectivity index (χ3n) is 15.4. The van der Waals surface area contributed by atoms with Gasteiger partial charge in [-0.3, -0.25) is 37.3 Å². The van der Waals surface area contributed by atoms with Gasteiger partial charge in [0.25, 0.3) is 0 Å². The van der Waals surface area contributed by atoms with Crippen LogP contribution in [0.1, 0.15) is 342 Å². The summed E-state index contributed by atoms with van der Waals surface area (Å²) in [6, 6.07) is 0. The highest BCUT2D eigenvalue weighted by Crippen LogP contribution is 2.45. The molecule has 0 rings (SSSR count). The lowest BCUT2D eigenvalue weighted by Crippen LogP contribution is -2.30. The molecule has 0 bridgehead atoms. The molecule has 0 radical (unpaired) electrons. The molecule has 17 nitrogen and oxygen atoms in total. The van der Waals surface area contributed by atoms with Crippen LogP contribution in [0.15, 0.2) is 0 Å². The third-order valence-corrected chi connectivity index (χ3v) is 17.3. The molecule has 0 aromatic heterocycles. The number of esters is 4. The van der Waals surface area contributed by atoms with E-state index in [2.05, 4.69) is 27.7 Å². The monoisotopic (exact) mass is 1250 g/mol. The SMILES string of the molecule is CCCCCCCCCCCCCCCCCCCCC(=O)O[C@H](COC(=O)CCCCCCCCCCCCCCCC)COP(=O)(O)OC[C@@H](O)COP(=O)(O)OC[C@@H](COC(=O)CCCCCCC)OC(=O)CCCCCCCCCC. The number of phosphoric acid groups is 2. The third kappa shape index (κ3) is 60.7. The smallest absolute Gasteiger partial charge is 0.462 e. The van der Waals surface area contributed by atoms with Crippen LogP contribution >= 0.6 is 15.6 Å². The summed E-state index contributed by atoms with van der Waals surface area (Å²) in [7, 11) is -9.88. The molecule has 0 aromatic carbocycles. The quantitative estimate of drug-likeness (QED) is 0.0222. The number of carbonyl (C=O) groups excluding carboxylic acids is 4. The van der Waals surface area contributed by atoms with E-state index in [1.165, 1.54) is 161 Å². The second-order valence-electron chi connectivity index (χ2n) is 23.9. The predicted molar refractivity (Wildman–Crippen MR) is 340 cm³/mol. The molecule has 0 aliphatic rings. The second kappa shape index (κ2) is 60.9. The van der Waals surface area contributed by atoms with Gasteiger partial charge in [0.15, 0.2) is 12.2 Å². The minimum absolute atomic E-state index is 0.104. The van der Waals surface area contributed by atoms with Gasteiger partial charge in [0.2, 0.25) is 0 Å². The second-order valence-corrected chi connectivity index (χ2v) is 26.8. The maximum atomic E-state index is 13.0. The summed E-state index contributed by atoms with van der Waals surface area (Å²) in [5.74, 6) is -2.14. The Morgan fingerprint density at radius 2 is 0.471 bits per heavy atom. The number of aliphatic hydroxyl groups is 1. The van der Waals surface area contributed by atoms with E-state index in [-0.39, 0.29) is 25.7 Å². The molecule has 0 amide bonds. The van der Waals surface area contributed by atoms with E-state index in [0.717, 1.165) is 103 Å². The Balaban J connectivity index is 5.13. The van der Waals surface area contributed by atoms with Crippen molar-refractivity contribution in [2.45, 2.75) is 361 Å². The number of hydrogen-bond acceptors (Lipinski definition) is 15. The van der Waals surface area contributed by atoms with Crippen molar-refractivity contribution in [1.29, 1.82) is 0 Å². The number of aliphatic hydroxyl groups excluding tert-OH is 1. The van der Waals surface area contributed by atoms with Crippen molar-refractivity contribution in [1.82, 2.24) is 0 Å². The van der Waals surface area contributed by atoms with Crippen LogP contribution in [0.2, 0.25) is 0 Å². The van der Waals surface area contributed by atoms with Crippen molar-refractivity contribution in [2.75, 3.05) is 39.6 Å². The Morgan fingerprint density at radius 1 is 0.282 bits per heavy atom. The number of ether oxygens (including phenoxy) is 4. The summed E-state index contributed by atoms with van der Waals surface area (Å²) < 4.78 is 67.8. The number of rotatable bonds is 67. The van der Waals surface area contributed by atoms with Gasteiger partial charge in [0, 0.05) is 25.7 Å². The standard InChI is InChI=1S/C66H128O17P2/c1-5-9-13-17-20-23-25-27-29-30-31-32-34-36-38-41-45-49-53-66(71)83-62(57-77-64(69)51-47-43-40-37-35-33-28-26-24-21-18-14-10-6-2)59-81-85(74,75)79-55-60(67)54-78-84(72,73)80-58-61(56-76-63(68)50-46-42-16-12-8-4)82-65(70)52-48-44-39-22-19-15-11-7-3/h60-62,67H,5-59H2,1-4H3,(H,72,73)(H,74,75)/t60-,61+,62+/m0/s1. The summed E-state index contributed by atoms with van der Waals surface area (Å²) in [5, 5.41) is 10.5. The molecular weight excluding hydrogens is 1130 g/mol. The molecule has 3 N–H and O–H groups in total. The zero-order valence-electron chi connectivity index (χ0n) is 54.6. The molecule has 2 unspecified atom stereocenters. The van der Waals surface area contributed by atoms with Crippen LogP contribution in [0.4, 0.5) is 0 Å². The van der Waals surface area contributed by atoms with Crippen LogP contribution in [-0.4, -0.2) is 96.7 Å². The van der Waals surface area contributed by atoms with Gasteiger partial charge in [-0.15, -0.1) is 0 Å². The van der Waals surface area contributed by atoms with Crippen LogP contribution in [0.25, 0.3) is 0 Å². The van der Waals surface area contributed by atoms with Gasteiger partial charge in [-0.05, 0) is 25.7 Å². The van der Waals surface area contributed by atoms with E-state index in [4.69, 9.17) is 37.0 Å². The lowest BCUT2D eigenvalue weighted by molar-refractivity contribution is -0.161. The average Bonchev–Trinajstić information content (AvgIpc) is 3.49. The molecule has 0 fully saturated rings. The Bertz CT molecular complexity index is 1640. The summed E-state index contributed by atoms with van der Waals surface area (Å²) in [6.45, 7) is 4.80. The van der Waals surface area contributed by atoms with E-state index < -0.39 is 97.5 Å². The highest BCUT2D eigenvalue weighted by Gasteiger charge is 2.30. The number of hydrogen-bond donors (Lipinski definition) is 3. The molecule has 0 heterocycles. The van der Waals surface area contributed by atoms with E-state index in [1.54, 1.807) is 0 Å². The van der Waals surface area contributed by atoms with Gasteiger partial charge in [-0.2, -0.15) is 0 Å². The Morgan fingerprint density at radius 3 is 0.694 bits per heavy atom. The summed E-state index contributed by atoms with van der Waals surface area (Å²) in [6.07, 6.45) is 47.7. The van der Waals surface area contributed by atoms with Gasteiger partial charge >= 0.3 is 39.5 Å². The summed E-state index contributed by atoms with van der Waals surface area (Å²) >= 11 is 0. The lowest BCUT2D eigenvalue weighted by atomic mass is 10.0. The fraction of sp³-hybridized carbons (Fsp3) is 0.939. The topological polar surface area (TPSA) is 237 Å². The van der Waals surface area contributed by atoms with Crippen molar-refractivity contribution >= 4 is 39.5 Å². The highest BCUT2D eigenvalue weighted by molar-refractivity contribution is 7.47. The minimum Gasteiger partial charge on any atom is -0.462 e. The number of phosphoric ester groups is 2. The molecule has 0 aliphatic carbocycles. The number of carbonyl (C=O) groups is 4. The highest BCUT2D eigenvalue weighted by atomic mass is 31.2. The van der Waals surface area contributed by atoms with Crippen LogP contribution in [0, 0.1) is 0 Å². The normalized spacial score (nSPS) is 14.1. The molecule has 5 atom stereocenters. The van der Waals surface area contributed by atoms with Crippen molar-refractivity contribution in [3.8, 4) is 0 Å². The van der Waals surface area contributed by atoms with Crippen molar-refractivity contribution in [3.05, 3.63) is 0 Å². The molecule has 85 heavy (non-hydrogen) atoms.